The van der Waals surface area contributed by atoms with Gasteiger partial charge in [-0.2, -0.15) is 0 Å². The van der Waals surface area contributed by atoms with Gasteiger partial charge < -0.3 is 4.90 Å². The molecule has 1 atom stereocenters. The van der Waals surface area contributed by atoms with Crippen LogP contribution in [0.25, 0.3) is 0 Å². The molecule has 0 bridgehead atoms. The van der Waals surface area contributed by atoms with Crippen LogP contribution in [0.4, 0.5) is 5.69 Å². The molecule has 2 aromatic rings. The molecule has 4 heteroatoms. The van der Waals surface area contributed by atoms with Gasteiger partial charge in [0.15, 0.2) is 0 Å². The van der Waals surface area contributed by atoms with Crippen LogP contribution in [-0.2, 0) is 11.3 Å². The van der Waals surface area contributed by atoms with E-state index in [1.807, 2.05) is 36.1 Å². The molecular weight excluding hydrogens is 308 g/mol. The van der Waals surface area contributed by atoms with Gasteiger partial charge in [0, 0.05) is 30.3 Å². The van der Waals surface area contributed by atoms with E-state index in [9.17, 15) is 4.79 Å². The molecule has 120 valence electrons. The van der Waals surface area contributed by atoms with Crippen molar-refractivity contribution in [2.24, 2.45) is 0 Å². The van der Waals surface area contributed by atoms with E-state index in [0.717, 1.165) is 18.8 Å². The highest BCUT2D eigenvalue weighted by molar-refractivity contribution is 6.30. The van der Waals surface area contributed by atoms with Crippen LogP contribution in [0.2, 0.25) is 5.02 Å². The van der Waals surface area contributed by atoms with Gasteiger partial charge in [-0.05, 0) is 37.6 Å². The molecule has 1 aliphatic rings. The molecular formula is C19H21ClN2O. The van der Waals surface area contributed by atoms with Crippen molar-refractivity contribution >= 4 is 23.2 Å². The maximum atomic E-state index is 12.7. The largest absolute Gasteiger partial charge is 0.310 e. The molecule has 0 saturated carbocycles. The van der Waals surface area contributed by atoms with E-state index >= 15 is 0 Å². The van der Waals surface area contributed by atoms with Gasteiger partial charge in [-0.15, -0.1) is 0 Å². The van der Waals surface area contributed by atoms with Crippen LogP contribution in [0.1, 0.15) is 18.1 Å². The average Bonchev–Trinajstić information content (AvgIpc) is 2.52. The number of carbonyl (C=O) groups excluding carboxylic acids is 1. The molecule has 1 amide bonds. The van der Waals surface area contributed by atoms with E-state index in [2.05, 4.69) is 36.1 Å². The van der Waals surface area contributed by atoms with Gasteiger partial charge >= 0.3 is 0 Å². The van der Waals surface area contributed by atoms with Crippen molar-refractivity contribution in [2.75, 3.05) is 18.0 Å². The first-order chi connectivity index (χ1) is 11.0. The second-order valence-electron chi connectivity index (χ2n) is 6.11. The maximum Gasteiger partial charge on any atom is 0.244 e. The van der Waals surface area contributed by atoms with Crippen LogP contribution < -0.4 is 4.90 Å². The van der Waals surface area contributed by atoms with Crippen molar-refractivity contribution in [1.82, 2.24) is 4.90 Å². The number of aryl methyl sites for hydroxylation is 1. The Kier molecular flexibility index (Phi) is 4.69. The van der Waals surface area contributed by atoms with Crippen LogP contribution in [0.3, 0.4) is 0 Å². The molecule has 0 aliphatic carbocycles. The molecule has 1 aliphatic heterocycles. The summed E-state index contributed by atoms with van der Waals surface area (Å²) in [5.41, 5.74) is 3.38. The first kappa shape index (κ1) is 16.0. The maximum absolute atomic E-state index is 12.7. The van der Waals surface area contributed by atoms with Gasteiger partial charge in [0.25, 0.3) is 0 Å². The van der Waals surface area contributed by atoms with E-state index in [-0.39, 0.29) is 11.9 Å². The number of nitrogens with zero attached hydrogens (tertiary/aromatic N) is 2. The van der Waals surface area contributed by atoms with Crippen molar-refractivity contribution in [3.8, 4) is 0 Å². The van der Waals surface area contributed by atoms with Gasteiger partial charge in [0.05, 0.1) is 6.04 Å². The van der Waals surface area contributed by atoms with Crippen molar-refractivity contribution < 1.29 is 4.79 Å². The lowest BCUT2D eigenvalue weighted by Crippen LogP contribution is -2.55. The summed E-state index contributed by atoms with van der Waals surface area (Å²) in [6.07, 6.45) is 0. The monoisotopic (exact) mass is 328 g/mol. The number of piperazine rings is 1. The summed E-state index contributed by atoms with van der Waals surface area (Å²) in [5.74, 6) is 0.131. The second-order valence-corrected chi connectivity index (χ2v) is 6.54. The zero-order chi connectivity index (χ0) is 16.4. The van der Waals surface area contributed by atoms with Crippen LogP contribution >= 0.6 is 11.6 Å². The molecule has 2 aromatic carbocycles. The molecule has 23 heavy (non-hydrogen) atoms. The molecule has 0 radical (unpaired) electrons. The van der Waals surface area contributed by atoms with Crippen LogP contribution in [0.15, 0.2) is 48.5 Å². The summed E-state index contributed by atoms with van der Waals surface area (Å²) >= 11 is 6.05. The van der Waals surface area contributed by atoms with Crippen molar-refractivity contribution in [2.45, 2.75) is 26.4 Å². The molecule has 0 spiro atoms. The number of benzene rings is 2. The Morgan fingerprint density at radius 2 is 1.91 bits per heavy atom. The fourth-order valence-corrected chi connectivity index (χ4v) is 3.26. The number of anilines is 1. The number of hydrogen-bond acceptors (Lipinski definition) is 2. The third-order valence-electron chi connectivity index (χ3n) is 4.37. The number of amides is 1. The normalized spacial score (nSPS) is 19.2. The quantitative estimate of drug-likeness (QED) is 0.853. The fourth-order valence-electron chi connectivity index (χ4n) is 3.08. The number of rotatable bonds is 3. The average molecular weight is 329 g/mol. The summed E-state index contributed by atoms with van der Waals surface area (Å²) in [7, 11) is 0. The Labute approximate surface area is 142 Å². The fraction of sp³-hybridized carbons (Fsp3) is 0.316. The Morgan fingerprint density at radius 1 is 1.13 bits per heavy atom. The molecule has 0 N–H and O–H groups in total. The van der Waals surface area contributed by atoms with E-state index in [0.29, 0.717) is 11.6 Å². The molecule has 1 heterocycles. The molecule has 3 rings (SSSR count). The van der Waals surface area contributed by atoms with Crippen LogP contribution in [0, 0.1) is 6.92 Å². The standard InChI is InChI=1S/C19H21ClN2O/c1-14-5-3-6-16(11-14)13-21-9-10-22(19(23)15(21)2)18-8-4-7-17(20)12-18/h3-8,11-12,15H,9-10,13H2,1-2H3/t15-/m0/s1. The predicted octanol–water partition coefficient (Wildman–Crippen LogP) is 3.89. The Hall–Kier alpha value is -1.84. The lowest BCUT2D eigenvalue weighted by atomic mass is 10.1. The molecule has 0 aromatic heterocycles. The molecule has 1 saturated heterocycles. The summed E-state index contributed by atoms with van der Waals surface area (Å²) in [4.78, 5) is 16.8. The first-order valence-corrected chi connectivity index (χ1v) is 8.29. The predicted molar refractivity (Wildman–Crippen MR) is 94.9 cm³/mol. The molecule has 1 fully saturated rings. The topological polar surface area (TPSA) is 23.6 Å². The minimum atomic E-state index is -0.136. The van der Waals surface area contributed by atoms with E-state index in [1.165, 1.54) is 11.1 Å². The first-order valence-electron chi connectivity index (χ1n) is 7.91. The van der Waals surface area contributed by atoms with Crippen molar-refractivity contribution in [3.63, 3.8) is 0 Å². The zero-order valence-electron chi connectivity index (χ0n) is 13.5. The van der Waals surface area contributed by atoms with Gasteiger partial charge in [0.1, 0.15) is 0 Å². The lowest BCUT2D eigenvalue weighted by Gasteiger charge is -2.39. The van der Waals surface area contributed by atoms with E-state index in [1.54, 1.807) is 0 Å². The van der Waals surface area contributed by atoms with E-state index < -0.39 is 0 Å². The van der Waals surface area contributed by atoms with Crippen LogP contribution in [0.5, 0.6) is 0 Å². The second kappa shape index (κ2) is 6.73. The summed E-state index contributed by atoms with van der Waals surface area (Å²) in [6.45, 7) is 6.42. The van der Waals surface area contributed by atoms with Crippen molar-refractivity contribution in [3.05, 3.63) is 64.7 Å². The third kappa shape index (κ3) is 3.57. The lowest BCUT2D eigenvalue weighted by molar-refractivity contribution is -0.125. The van der Waals surface area contributed by atoms with Crippen molar-refractivity contribution in [1.29, 1.82) is 0 Å². The van der Waals surface area contributed by atoms with Gasteiger partial charge in [-0.3, -0.25) is 9.69 Å². The Balaban J connectivity index is 1.73. The van der Waals surface area contributed by atoms with Crippen LogP contribution in [-0.4, -0.2) is 29.9 Å². The number of hydrogen-bond donors (Lipinski definition) is 0. The third-order valence-corrected chi connectivity index (χ3v) is 4.61. The van der Waals surface area contributed by atoms with Gasteiger partial charge in [-0.25, -0.2) is 0 Å². The Bertz CT molecular complexity index is 716. The number of halogens is 1. The summed E-state index contributed by atoms with van der Waals surface area (Å²) < 4.78 is 0. The summed E-state index contributed by atoms with van der Waals surface area (Å²) in [6, 6.07) is 15.8. The number of carbonyl (C=O) groups is 1. The van der Waals surface area contributed by atoms with Gasteiger partial charge in [-0.1, -0.05) is 47.5 Å². The molecule has 0 unspecified atom stereocenters. The SMILES string of the molecule is Cc1cccc(CN2CCN(c3cccc(Cl)c3)C(=O)[C@@H]2C)c1. The zero-order valence-corrected chi connectivity index (χ0v) is 14.3. The van der Waals surface area contributed by atoms with E-state index in [4.69, 9.17) is 11.6 Å². The summed E-state index contributed by atoms with van der Waals surface area (Å²) in [5, 5.41) is 0.658. The highest BCUT2D eigenvalue weighted by atomic mass is 35.5. The van der Waals surface area contributed by atoms with Gasteiger partial charge in [0.2, 0.25) is 5.91 Å². The highest BCUT2D eigenvalue weighted by Crippen LogP contribution is 2.24. The minimum Gasteiger partial charge on any atom is -0.310 e. The minimum absolute atomic E-state index is 0.131. The smallest absolute Gasteiger partial charge is 0.244 e. The Morgan fingerprint density at radius 3 is 2.65 bits per heavy atom. The highest BCUT2D eigenvalue weighted by Gasteiger charge is 2.32. The molecule has 3 nitrogen and oxygen atoms in total.